The van der Waals surface area contributed by atoms with Gasteiger partial charge in [-0.2, -0.15) is 11.8 Å². The molecule has 1 heteroatoms. The van der Waals surface area contributed by atoms with Crippen LogP contribution in [0.4, 0.5) is 0 Å². The molecule has 8 heavy (non-hydrogen) atoms. The minimum Gasteiger partial charge on any atom is -0.158 e. The van der Waals surface area contributed by atoms with E-state index < -0.39 is 0 Å². The highest BCUT2D eigenvalue weighted by atomic mass is 32.2. The lowest BCUT2D eigenvalue weighted by atomic mass is 9.76. The van der Waals surface area contributed by atoms with E-state index >= 15 is 0 Å². The largest absolute Gasteiger partial charge is 0.158 e. The maximum Gasteiger partial charge on any atom is 0.0116 e. The summed E-state index contributed by atoms with van der Waals surface area (Å²) in [5, 5.41) is 1.15. The van der Waals surface area contributed by atoms with Crippen LogP contribution in [-0.2, 0) is 0 Å². The van der Waals surface area contributed by atoms with Crippen LogP contribution in [0, 0.1) is 23.7 Å². The molecule has 0 aromatic carbocycles. The molecule has 4 unspecified atom stereocenters. The summed E-state index contributed by atoms with van der Waals surface area (Å²) in [5.41, 5.74) is 0. The molecule has 0 N–H and O–H groups in total. The number of rotatable bonds is 0. The third-order valence-corrected chi connectivity index (χ3v) is 4.91. The molecule has 0 amide bonds. The average Bonchev–Trinajstić information content (AvgIpc) is 2.30. The normalized spacial score (nSPS) is 73.9. The number of thioether (sulfide) groups is 1. The SMILES string of the molecule is C[C@@H]1C2CSC3C2C31. The van der Waals surface area contributed by atoms with Crippen molar-refractivity contribution in [2.45, 2.75) is 12.2 Å². The predicted molar refractivity (Wildman–Crippen MR) is 35.9 cm³/mol. The van der Waals surface area contributed by atoms with Gasteiger partial charge in [0, 0.05) is 5.25 Å². The Morgan fingerprint density at radius 2 is 2.25 bits per heavy atom. The Balaban J connectivity index is 2.00. The van der Waals surface area contributed by atoms with Crippen molar-refractivity contribution >= 4 is 11.8 Å². The van der Waals surface area contributed by atoms with Gasteiger partial charge in [0.15, 0.2) is 0 Å². The van der Waals surface area contributed by atoms with Crippen molar-refractivity contribution in [1.82, 2.24) is 0 Å². The van der Waals surface area contributed by atoms with E-state index in [-0.39, 0.29) is 0 Å². The van der Waals surface area contributed by atoms with Gasteiger partial charge in [0.1, 0.15) is 0 Å². The van der Waals surface area contributed by atoms with Crippen LogP contribution in [0.25, 0.3) is 0 Å². The maximum atomic E-state index is 2.44. The quantitative estimate of drug-likeness (QED) is 0.475. The van der Waals surface area contributed by atoms with Crippen molar-refractivity contribution < 1.29 is 0 Å². The van der Waals surface area contributed by atoms with E-state index in [0.29, 0.717) is 0 Å². The summed E-state index contributed by atoms with van der Waals surface area (Å²) in [6.07, 6.45) is 0. The molecule has 0 bridgehead atoms. The zero-order valence-corrected chi connectivity index (χ0v) is 5.82. The van der Waals surface area contributed by atoms with E-state index in [4.69, 9.17) is 0 Å². The molecular formula is C7H10S. The molecule has 1 heterocycles. The monoisotopic (exact) mass is 126 g/mol. The number of hydrogen-bond donors (Lipinski definition) is 0. The minimum atomic E-state index is 1.12. The predicted octanol–water partition coefficient (Wildman–Crippen LogP) is 1.61. The molecule has 3 fully saturated rings. The van der Waals surface area contributed by atoms with Crippen molar-refractivity contribution in [3.05, 3.63) is 0 Å². The third kappa shape index (κ3) is 0.243. The molecule has 0 aromatic heterocycles. The molecule has 2 saturated carbocycles. The van der Waals surface area contributed by atoms with Crippen LogP contribution < -0.4 is 0 Å². The van der Waals surface area contributed by atoms with Crippen molar-refractivity contribution in [3.8, 4) is 0 Å². The first kappa shape index (κ1) is 4.21. The van der Waals surface area contributed by atoms with Gasteiger partial charge < -0.3 is 0 Å². The summed E-state index contributed by atoms with van der Waals surface area (Å²) in [6, 6.07) is 0. The molecule has 0 radical (unpaired) electrons. The van der Waals surface area contributed by atoms with Crippen molar-refractivity contribution in [3.63, 3.8) is 0 Å². The maximum absolute atomic E-state index is 2.44. The summed E-state index contributed by atoms with van der Waals surface area (Å²) in [6.45, 7) is 2.44. The molecule has 1 saturated heterocycles. The fourth-order valence-corrected chi connectivity index (χ4v) is 4.84. The molecule has 44 valence electrons. The van der Waals surface area contributed by atoms with E-state index in [2.05, 4.69) is 18.7 Å². The molecule has 2 aliphatic carbocycles. The molecule has 3 aliphatic rings. The summed E-state index contributed by atoms with van der Waals surface area (Å²) >= 11 is 2.23. The van der Waals surface area contributed by atoms with Crippen LogP contribution in [0.5, 0.6) is 0 Å². The lowest BCUT2D eigenvalue weighted by molar-refractivity contribution is 0.200. The summed E-state index contributed by atoms with van der Waals surface area (Å²) in [5.74, 6) is 6.18. The van der Waals surface area contributed by atoms with Crippen LogP contribution in [0.2, 0.25) is 0 Å². The Morgan fingerprint density at radius 3 is 2.50 bits per heavy atom. The van der Waals surface area contributed by atoms with Crippen molar-refractivity contribution in [2.75, 3.05) is 5.75 Å². The Labute approximate surface area is 54.0 Å². The topological polar surface area (TPSA) is 0 Å². The number of hydrogen-bond acceptors (Lipinski definition) is 1. The third-order valence-electron chi connectivity index (χ3n) is 3.32. The number of fused-ring (bicyclic) bond motifs is 1. The average molecular weight is 126 g/mol. The van der Waals surface area contributed by atoms with Gasteiger partial charge in [0.05, 0.1) is 0 Å². The second kappa shape index (κ2) is 0.985. The van der Waals surface area contributed by atoms with Gasteiger partial charge in [-0.1, -0.05) is 6.92 Å². The van der Waals surface area contributed by atoms with Gasteiger partial charge in [-0.05, 0) is 29.4 Å². The second-order valence-electron chi connectivity index (χ2n) is 3.48. The lowest BCUT2D eigenvalue weighted by Gasteiger charge is -2.32. The molecule has 5 atom stereocenters. The molecule has 1 aliphatic heterocycles. The smallest absolute Gasteiger partial charge is 0.0116 e. The highest BCUT2D eigenvalue weighted by Gasteiger charge is 2.71. The molecule has 0 nitrogen and oxygen atoms in total. The Hall–Kier alpha value is 0.350. The first-order valence-corrected chi connectivity index (χ1v) is 4.56. The Morgan fingerprint density at radius 1 is 1.38 bits per heavy atom. The van der Waals surface area contributed by atoms with E-state index in [1.165, 1.54) is 17.6 Å². The zero-order valence-electron chi connectivity index (χ0n) is 5.00. The van der Waals surface area contributed by atoms with Gasteiger partial charge in [-0.3, -0.25) is 0 Å². The fourth-order valence-electron chi connectivity index (χ4n) is 2.71. The first-order chi connectivity index (χ1) is 3.89. The van der Waals surface area contributed by atoms with Crippen molar-refractivity contribution in [2.24, 2.45) is 23.7 Å². The van der Waals surface area contributed by atoms with Crippen LogP contribution in [-0.4, -0.2) is 11.0 Å². The van der Waals surface area contributed by atoms with Gasteiger partial charge in [-0.25, -0.2) is 0 Å². The van der Waals surface area contributed by atoms with Gasteiger partial charge in [-0.15, -0.1) is 0 Å². The Kier molecular flexibility index (Phi) is 0.518. The minimum absolute atomic E-state index is 1.12. The molecule has 0 aromatic rings. The highest BCUT2D eigenvalue weighted by Crippen LogP contribution is 2.74. The molecule has 3 rings (SSSR count). The molecular weight excluding hydrogens is 116 g/mol. The standard InChI is InChI=1S/C7H10S/c1-3-4-2-8-7-5(3)6(4)7/h3-7H,2H2,1H3/t3-,4?,5?,6?,7?/m1/s1. The summed E-state index contributed by atoms with van der Waals surface area (Å²) in [4.78, 5) is 0. The summed E-state index contributed by atoms with van der Waals surface area (Å²) in [7, 11) is 0. The molecule has 0 spiro atoms. The van der Waals surface area contributed by atoms with E-state index in [1.54, 1.807) is 0 Å². The van der Waals surface area contributed by atoms with E-state index in [9.17, 15) is 0 Å². The van der Waals surface area contributed by atoms with E-state index in [1.807, 2.05) is 0 Å². The lowest BCUT2D eigenvalue weighted by Crippen LogP contribution is -2.29. The zero-order chi connectivity index (χ0) is 5.30. The van der Waals surface area contributed by atoms with E-state index in [0.717, 1.165) is 17.1 Å². The van der Waals surface area contributed by atoms with Crippen LogP contribution in [0.15, 0.2) is 0 Å². The van der Waals surface area contributed by atoms with Crippen LogP contribution in [0.3, 0.4) is 0 Å². The Bertz CT molecular complexity index is 123. The first-order valence-electron chi connectivity index (χ1n) is 3.51. The second-order valence-corrected chi connectivity index (χ2v) is 4.69. The van der Waals surface area contributed by atoms with Gasteiger partial charge >= 0.3 is 0 Å². The van der Waals surface area contributed by atoms with Crippen molar-refractivity contribution in [1.29, 1.82) is 0 Å². The highest BCUT2D eigenvalue weighted by molar-refractivity contribution is 8.00. The van der Waals surface area contributed by atoms with Gasteiger partial charge in [0.2, 0.25) is 0 Å². The van der Waals surface area contributed by atoms with Crippen LogP contribution in [0.1, 0.15) is 6.92 Å². The van der Waals surface area contributed by atoms with Gasteiger partial charge in [0.25, 0.3) is 0 Å². The summed E-state index contributed by atoms with van der Waals surface area (Å²) < 4.78 is 0. The van der Waals surface area contributed by atoms with Crippen LogP contribution >= 0.6 is 11.8 Å². The fraction of sp³-hybridized carbons (Fsp3) is 1.00.